The predicted molar refractivity (Wildman–Crippen MR) is 105 cm³/mol. The van der Waals surface area contributed by atoms with E-state index in [0.29, 0.717) is 21.9 Å². The molecule has 2 aromatic rings. The molecule has 0 bridgehead atoms. The van der Waals surface area contributed by atoms with E-state index in [4.69, 9.17) is 23.1 Å². The number of carboxylic acid groups (broad SMARTS) is 1. The van der Waals surface area contributed by atoms with Gasteiger partial charge in [0.2, 0.25) is 0 Å². The van der Waals surface area contributed by atoms with Gasteiger partial charge in [0.05, 0.1) is 9.83 Å². The molecule has 0 atom stereocenters. The van der Waals surface area contributed by atoms with Crippen LogP contribution < -0.4 is 5.73 Å². The summed E-state index contributed by atoms with van der Waals surface area (Å²) >= 11 is 6.07. The highest BCUT2D eigenvalue weighted by molar-refractivity contribution is 8.26. The maximum absolute atomic E-state index is 12.3. The lowest BCUT2D eigenvalue weighted by Gasteiger charge is -2.10. The van der Waals surface area contributed by atoms with Gasteiger partial charge in [-0.05, 0) is 30.3 Å². The van der Waals surface area contributed by atoms with Gasteiger partial charge in [-0.15, -0.1) is 0 Å². The molecular formula is C16H12N4O5S2. The average Bonchev–Trinajstić information content (AvgIpc) is 3.15. The fraction of sp³-hybridized carbons (Fsp3) is 0.0625. The zero-order chi connectivity index (χ0) is 19.7. The standard InChI is InChI=1S/C16H12N4O5S2/c17-10-5-8(1-4-12(10)20(24)25)11-3-2-9(18-11)6-13-15(23)19(7-14(21)22)16(26)27-13/h1-6,18H,7,17H2,(H,21,22)/b13-6-. The van der Waals surface area contributed by atoms with E-state index in [0.717, 1.165) is 16.7 Å². The van der Waals surface area contributed by atoms with Gasteiger partial charge >= 0.3 is 5.97 Å². The summed E-state index contributed by atoms with van der Waals surface area (Å²) in [4.78, 5) is 37.8. The predicted octanol–water partition coefficient (Wildman–Crippen LogP) is 2.46. The van der Waals surface area contributed by atoms with E-state index in [1.54, 1.807) is 24.3 Å². The zero-order valence-corrected chi connectivity index (χ0v) is 15.2. The second-order valence-corrected chi connectivity index (χ2v) is 7.20. The number of carbonyl (C=O) groups excluding carboxylic acids is 1. The van der Waals surface area contributed by atoms with Gasteiger partial charge in [-0.1, -0.05) is 24.0 Å². The summed E-state index contributed by atoms with van der Waals surface area (Å²) in [7, 11) is 0. The van der Waals surface area contributed by atoms with Gasteiger partial charge in [0.25, 0.3) is 11.6 Å². The van der Waals surface area contributed by atoms with Crippen LogP contribution in [0.1, 0.15) is 5.69 Å². The number of benzene rings is 1. The van der Waals surface area contributed by atoms with Crippen LogP contribution in [-0.4, -0.2) is 42.7 Å². The molecule has 138 valence electrons. The van der Waals surface area contributed by atoms with Crippen LogP contribution in [0, 0.1) is 10.1 Å². The number of hydrogen-bond donors (Lipinski definition) is 3. The van der Waals surface area contributed by atoms with E-state index >= 15 is 0 Å². The number of carboxylic acids is 1. The molecule has 1 aliphatic rings. The Labute approximate surface area is 162 Å². The largest absolute Gasteiger partial charge is 0.480 e. The van der Waals surface area contributed by atoms with Crippen molar-refractivity contribution in [3.05, 3.63) is 51.0 Å². The third-order valence-corrected chi connectivity index (χ3v) is 5.08. The Bertz CT molecular complexity index is 1010. The fourth-order valence-corrected chi connectivity index (χ4v) is 3.71. The van der Waals surface area contributed by atoms with Crippen LogP contribution in [0.15, 0.2) is 35.2 Å². The van der Waals surface area contributed by atoms with Crippen molar-refractivity contribution in [2.75, 3.05) is 12.3 Å². The van der Waals surface area contributed by atoms with Gasteiger partial charge < -0.3 is 15.8 Å². The molecule has 0 saturated carbocycles. The zero-order valence-electron chi connectivity index (χ0n) is 13.5. The Balaban J connectivity index is 1.84. The number of hydrogen-bond acceptors (Lipinski definition) is 7. The summed E-state index contributed by atoms with van der Waals surface area (Å²) < 4.78 is 0.184. The van der Waals surface area contributed by atoms with Crippen LogP contribution in [0.2, 0.25) is 0 Å². The molecule has 27 heavy (non-hydrogen) atoms. The number of nitrogens with zero attached hydrogens (tertiary/aromatic N) is 2. The van der Waals surface area contributed by atoms with Crippen molar-refractivity contribution in [3.8, 4) is 11.3 Å². The molecule has 1 aromatic carbocycles. The number of nitrogens with two attached hydrogens (primary N) is 1. The second-order valence-electron chi connectivity index (χ2n) is 5.52. The van der Waals surface area contributed by atoms with Gasteiger partial charge in [-0.2, -0.15) is 0 Å². The number of anilines is 1. The van der Waals surface area contributed by atoms with Gasteiger partial charge in [0.1, 0.15) is 16.6 Å². The number of thiocarbonyl (C=S) groups is 1. The second kappa shape index (κ2) is 7.21. The number of aromatic nitrogens is 1. The number of aromatic amines is 1. The Morgan fingerprint density at radius 3 is 2.78 bits per heavy atom. The van der Waals surface area contributed by atoms with Crippen molar-refractivity contribution in [2.24, 2.45) is 0 Å². The molecule has 9 nitrogen and oxygen atoms in total. The minimum Gasteiger partial charge on any atom is -0.480 e. The highest BCUT2D eigenvalue weighted by Gasteiger charge is 2.33. The lowest BCUT2D eigenvalue weighted by molar-refractivity contribution is -0.383. The molecule has 1 aliphatic heterocycles. The van der Waals surface area contributed by atoms with Crippen LogP contribution in [-0.2, 0) is 9.59 Å². The Morgan fingerprint density at radius 2 is 2.15 bits per heavy atom. The molecule has 1 aromatic heterocycles. The smallest absolute Gasteiger partial charge is 0.323 e. The van der Waals surface area contributed by atoms with Crippen molar-refractivity contribution in [3.63, 3.8) is 0 Å². The SMILES string of the molecule is Nc1cc(-c2ccc(/C=C3\SC(=S)N(CC(=O)O)C3=O)[nH]2)ccc1[N+](=O)[O-]. The quantitative estimate of drug-likeness (QED) is 0.227. The molecule has 1 saturated heterocycles. The number of nitrogen functional groups attached to an aromatic ring is 1. The topological polar surface area (TPSA) is 143 Å². The lowest BCUT2D eigenvalue weighted by Crippen LogP contribution is -2.33. The molecule has 0 radical (unpaired) electrons. The third-order valence-electron chi connectivity index (χ3n) is 3.70. The molecule has 2 heterocycles. The van der Waals surface area contributed by atoms with Crippen LogP contribution >= 0.6 is 24.0 Å². The first-order valence-corrected chi connectivity index (χ1v) is 8.69. The number of rotatable bonds is 5. The van der Waals surface area contributed by atoms with Crippen LogP contribution in [0.25, 0.3) is 17.3 Å². The first-order chi connectivity index (χ1) is 12.8. The highest BCUT2D eigenvalue weighted by Crippen LogP contribution is 2.33. The molecule has 1 amide bonds. The minimum absolute atomic E-state index is 0.0446. The van der Waals surface area contributed by atoms with Gasteiger partial charge in [0, 0.05) is 23.0 Å². The summed E-state index contributed by atoms with van der Waals surface area (Å²) in [5.41, 5.74) is 7.48. The third kappa shape index (κ3) is 3.83. The van der Waals surface area contributed by atoms with Gasteiger partial charge in [-0.3, -0.25) is 24.6 Å². The molecule has 0 spiro atoms. The van der Waals surface area contributed by atoms with Crippen molar-refractivity contribution in [1.29, 1.82) is 0 Å². The first-order valence-electron chi connectivity index (χ1n) is 7.46. The number of nitro benzene ring substituents is 1. The number of H-pyrrole nitrogens is 1. The normalized spacial score (nSPS) is 15.6. The minimum atomic E-state index is -1.15. The number of amides is 1. The summed E-state index contributed by atoms with van der Waals surface area (Å²) in [6.07, 6.45) is 1.57. The Hall–Kier alpha value is -3.18. The molecular weight excluding hydrogens is 392 g/mol. The number of nitrogens with one attached hydrogen (secondary N) is 1. The van der Waals surface area contributed by atoms with E-state index < -0.39 is 23.3 Å². The summed E-state index contributed by atoms with van der Waals surface area (Å²) in [5.74, 6) is -1.62. The van der Waals surface area contributed by atoms with Crippen molar-refractivity contribution in [2.45, 2.75) is 0 Å². The van der Waals surface area contributed by atoms with E-state index in [9.17, 15) is 19.7 Å². The summed E-state index contributed by atoms with van der Waals surface area (Å²) in [6.45, 7) is -0.486. The number of aliphatic carboxylic acids is 1. The highest BCUT2D eigenvalue weighted by atomic mass is 32.2. The maximum Gasteiger partial charge on any atom is 0.323 e. The number of nitro groups is 1. The van der Waals surface area contributed by atoms with Crippen LogP contribution in [0.3, 0.4) is 0 Å². The summed E-state index contributed by atoms with van der Waals surface area (Å²) in [6, 6.07) is 7.83. The number of thioether (sulfide) groups is 1. The van der Waals surface area contributed by atoms with E-state index in [1.807, 2.05) is 0 Å². The molecule has 4 N–H and O–H groups in total. The van der Waals surface area contributed by atoms with E-state index in [-0.39, 0.29) is 15.7 Å². The Morgan fingerprint density at radius 1 is 1.41 bits per heavy atom. The van der Waals surface area contributed by atoms with Crippen LogP contribution in [0.5, 0.6) is 0 Å². The van der Waals surface area contributed by atoms with E-state index in [2.05, 4.69) is 4.98 Å². The molecule has 11 heteroatoms. The Kier molecular flexibility index (Phi) is 4.97. The molecule has 3 rings (SSSR count). The van der Waals surface area contributed by atoms with Crippen LogP contribution in [0.4, 0.5) is 11.4 Å². The van der Waals surface area contributed by atoms with E-state index in [1.165, 1.54) is 12.1 Å². The number of carbonyl (C=O) groups is 2. The molecule has 0 unspecified atom stereocenters. The van der Waals surface area contributed by atoms with Crippen molar-refractivity contribution < 1.29 is 19.6 Å². The van der Waals surface area contributed by atoms with Gasteiger partial charge in [0.15, 0.2) is 0 Å². The lowest BCUT2D eigenvalue weighted by atomic mass is 10.1. The molecule has 1 fully saturated rings. The maximum atomic E-state index is 12.3. The fourth-order valence-electron chi connectivity index (χ4n) is 2.47. The van der Waals surface area contributed by atoms with Crippen molar-refractivity contribution >= 4 is 57.6 Å². The summed E-state index contributed by atoms with van der Waals surface area (Å²) in [5, 5.41) is 19.7. The first kappa shape index (κ1) is 18.6. The molecule has 0 aliphatic carbocycles. The monoisotopic (exact) mass is 404 g/mol. The average molecular weight is 404 g/mol. The van der Waals surface area contributed by atoms with Crippen molar-refractivity contribution in [1.82, 2.24) is 9.88 Å². The van der Waals surface area contributed by atoms with Gasteiger partial charge in [-0.25, -0.2) is 0 Å².